The Bertz CT molecular complexity index is 1420. The van der Waals surface area contributed by atoms with Crippen LogP contribution in [0.2, 0.25) is 0 Å². The predicted molar refractivity (Wildman–Crippen MR) is 110 cm³/mol. The molecule has 1 atom stereocenters. The topological polar surface area (TPSA) is 107 Å². The zero-order chi connectivity index (χ0) is 20.8. The monoisotopic (exact) mass is 419 g/mol. The summed E-state index contributed by atoms with van der Waals surface area (Å²) in [5, 5.41) is 10.3. The van der Waals surface area contributed by atoms with Crippen molar-refractivity contribution in [3.8, 4) is 22.2 Å². The molecule has 0 radical (unpaired) electrons. The van der Waals surface area contributed by atoms with Crippen LogP contribution < -0.4 is 14.9 Å². The highest BCUT2D eigenvalue weighted by Crippen LogP contribution is 2.37. The van der Waals surface area contributed by atoms with Gasteiger partial charge < -0.3 is 14.3 Å². The van der Waals surface area contributed by atoms with E-state index in [1.165, 1.54) is 24.5 Å². The number of rotatable bonds is 2. The Morgan fingerprint density at radius 1 is 1.07 bits per heavy atom. The molecule has 0 aliphatic carbocycles. The quantitative estimate of drug-likeness (QED) is 0.496. The largest absolute Gasteiger partial charge is 0.508 e. The molecule has 2 aromatic carbocycles. The van der Waals surface area contributed by atoms with Crippen LogP contribution in [0.3, 0.4) is 0 Å². The van der Waals surface area contributed by atoms with Crippen molar-refractivity contribution in [2.45, 2.75) is 12.3 Å². The van der Waals surface area contributed by atoms with Crippen molar-refractivity contribution in [2.24, 2.45) is 0 Å². The zero-order valence-corrected chi connectivity index (χ0v) is 16.1. The summed E-state index contributed by atoms with van der Waals surface area (Å²) < 4.78 is 10.4. The molecular formula is C22H13NO6S. The fourth-order valence-corrected chi connectivity index (χ4v) is 4.43. The number of hydrogen-bond acceptors (Lipinski definition) is 8. The average Bonchev–Trinajstić information content (AvgIpc) is 2.74. The Morgan fingerprint density at radius 3 is 2.67 bits per heavy atom. The van der Waals surface area contributed by atoms with E-state index in [9.17, 15) is 19.5 Å². The van der Waals surface area contributed by atoms with Crippen LogP contribution >= 0.6 is 11.3 Å². The molecule has 0 bridgehead atoms. The summed E-state index contributed by atoms with van der Waals surface area (Å²) in [5.74, 6) is -1.61. The number of nitrogens with zero attached hydrogens (tertiary/aromatic N) is 1. The van der Waals surface area contributed by atoms with Crippen molar-refractivity contribution in [1.29, 1.82) is 0 Å². The number of hydrogen-bond donors (Lipinski definition) is 1. The normalized spacial score (nSPS) is 15.6. The molecule has 8 heteroatoms. The summed E-state index contributed by atoms with van der Waals surface area (Å²) in [6.07, 6.45) is 1.07. The minimum Gasteiger partial charge on any atom is -0.508 e. The van der Waals surface area contributed by atoms with Gasteiger partial charge in [-0.15, -0.1) is 0 Å². The van der Waals surface area contributed by atoms with Crippen molar-refractivity contribution < 1.29 is 19.1 Å². The Kier molecular flexibility index (Phi) is 4.22. The summed E-state index contributed by atoms with van der Waals surface area (Å²) in [6, 6.07) is 13.3. The SMILES string of the molecule is O=C1CC(c2coc3ccc(O)cc3c2=O)c2c(nc(-c3ccccc3)sc2=O)O1. The van der Waals surface area contributed by atoms with Crippen molar-refractivity contribution >= 4 is 28.3 Å². The second kappa shape index (κ2) is 6.93. The molecule has 0 saturated heterocycles. The second-order valence-electron chi connectivity index (χ2n) is 6.82. The van der Waals surface area contributed by atoms with Gasteiger partial charge in [0.2, 0.25) is 10.6 Å². The van der Waals surface area contributed by atoms with Crippen molar-refractivity contribution in [1.82, 2.24) is 4.98 Å². The molecule has 0 spiro atoms. The molecular weight excluding hydrogens is 406 g/mol. The molecule has 2 aromatic heterocycles. The molecule has 30 heavy (non-hydrogen) atoms. The third kappa shape index (κ3) is 2.98. The lowest BCUT2D eigenvalue weighted by Gasteiger charge is -2.22. The van der Waals surface area contributed by atoms with Gasteiger partial charge in [0.05, 0.1) is 23.6 Å². The van der Waals surface area contributed by atoms with E-state index in [0.717, 1.165) is 16.9 Å². The maximum absolute atomic E-state index is 13.1. The summed E-state index contributed by atoms with van der Waals surface area (Å²) in [4.78, 5) is 42.7. The van der Waals surface area contributed by atoms with Gasteiger partial charge in [0.25, 0.3) is 0 Å². The highest BCUT2D eigenvalue weighted by Gasteiger charge is 2.35. The predicted octanol–water partition coefficient (Wildman–Crippen LogP) is 3.42. The lowest BCUT2D eigenvalue weighted by atomic mass is 9.89. The van der Waals surface area contributed by atoms with Gasteiger partial charge in [-0.3, -0.25) is 14.4 Å². The van der Waals surface area contributed by atoms with E-state index in [4.69, 9.17) is 9.15 Å². The van der Waals surface area contributed by atoms with Gasteiger partial charge in [0.15, 0.2) is 5.43 Å². The van der Waals surface area contributed by atoms with Gasteiger partial charge in [-0.25, -0.2) is 4.98 Å². The average molecular weight is 419 g/mol. The maximum atomic E-state index is 13.1. The fourth-order valence-electron chi connectivity index (χ4n) is 3.54. The van der Waals surface area contributed by atoms with E-state index in [1.807, 2.05) is 18.2 Å². The minimum atomic E-state index is -0.842. The van der Waals surface area contributed by atoms with Crippen LogP contribution in [-0.2, 0) is 4.79 Å². The molecule has 0 saturated carbocycles. The first-order chi connectivity index (χ1) is 14.5. The number of ether oxygens (including phenoxy) is 1. The minimum absolute atomic E-state index is 0.0868. The highest BCUT2D eigenvalue weighted by molar-refractivity contribution is 7.12. The molecule has 1 aliphatic rings. The Labute approximate surface area is 172 Å². The molecule has 1 N–H and O–H groups in total. The molecule has 0 fully saturated rings. The van der Waals surface area contributed by atoms with Gasteiger partial charge in [0, 0.05) is 17.0 Å². The van der Waals surface area contributed by atoms with Crippen molar-refractivity contribution in [3.05, 3.63) is 85.7 Å². The molecule has 5 rings (SSSR count). The third-order valence-corrected chi connectivity index (χ3v) is 5.88. The van der Waals surface area contributed by atoms with E-state index in [-0.39, 0.29) is 39.3 Å². The number of carbonyl (C=O) groups is 1. The van der Waals surface area contributed by atoms with Crippen LogP contribution in [0.5, 0.6) is 11.6 Å². The van der Waals surface area contributed by atoms with E-state index in [0.29, 0.717) is 10.6 Å². The molecule has 148 valence electrons. The highest BCUT2D eigenvalue weighted by atomic mass is 32.1. The Morgan fingerprint density at radius 2 is 1.87 bits per heavy atom. The van der Waals surface area contributed by atoms with E-state index >= 15 is 0 Å². The third-order valence-electron chi connectivity index (χ3n) is 4.95. The number of carbonyl (C=O) groups excluding carboxylic acids is 1. The van der Waals surface area contributed by atoms with Gasteiger partial charge in [-0.2, -0.15) is 0 Å². The van der Waals surface area contributed by atoms with Crippen LogP contribution in [0.4, 0.5) is 0 Å². The first-order valence-corrected chi connectivity index (χ1v) is 9.88. The number of fused-ring (bicyclic) bond motifs is 2. The fraction of sp³-hybridized carbons (Fsp3) is 0.0909. The maximum Gasteiger partial charge on any atom is 0.313 e. The lowest BCUT2D eigenvalue weighted by molar-refractivity contribution is -0.135. The van der Waals surface area contributed by atoms with Crippen LogP contribution in [0.1, 0.15) is 23.5 Å². The number of aromatic nitrogens is 1. The van der Waals surface area contributed by atoms with Crippen molar-refractivity contribution in [3.63, 3.8) is 0 Å². The van der Waals surface area contributed by atoms with Crippen LogP contribution in [0, 0.1) is 0 Å². The summed E-state index contributed by atoms with van der Waals surface area (Å²) in [7, 11) is 0. The first kappa shape index (κ1) is 18.3. The molecule has 7 nitrogen and oxygen atoms in total. The first-order valence-electron chi connectivity index (χ1n) is 9.07. The molecule has 1 aliphatic heterocycles. The summed E-state index contributed by atoms with van der Waals surface area (Å²) in [5.41, 5.74) is 0.897. The Balaban J connectivity index is 1.71. The van der Waals surface area contributed by atoms with Gasteiger partial charge in [0.1, 0.15) is 16.3 Å². The van der Waals surface area contributed by atoms with Crippen LogP contribution in [0.15, 0.2) is 68.8 Å². The lowest BCUT2D eigenvalue weighted by Crippen LogP contribution is -2.29. The van der Waals surface area contributed by atoms with Crippen LogP contribution in [-0.4, -0.2) is 16.1 Å². The van der Waals surface area contributed by atoms with E-state index < -0.39 is 17.3 Å². The number of phenols is 1. The van der Waals surface area contributed by atoms with Gasteiger partial charge in [-0.05, 0) is 18.2 Å². The number of benzene rings is 2. The smallest absolute Gasteiger partial charge is 0.313 e. The Hall–Kier alpha value is -3.78. The van der Waals surface area contributed by atoms with E-state index in [2.05, 4.69) is 4.98 Å². The van der Waals surface area contributed by atoms with Crippen molar-refractivity contribution in [2.75, 3.05) is 0 Å². The van der Waals surface area contributed by atoms with Gasteiger partial charge in [-0.1, -0.05) is 41.7 Å². The van der Waals surface area contributed by atoms with Gasteiger partial charge >= 0.3 is 5.97 Å². The summed E-state index contributed by atoms with van der Waals surface area (Å²) >= 11 is 0.926. The molecule has 1 unspecified atom stereocenters. The summed E-state index contributed by atoms with van der Waals surface area (Å²) in [6.45, 7) is 0. The standard InChI is InChI=1S/C22H13NO6S/c24-12-6-7-16-14(8-12)19(26)15(10-28-16)13-9-17(25)29-20-18(13)22(27)30-21(23-20)11-4-2-1-3-5-11/h1-8,10,13,24H,9H2. The van der Waals surface area contributed by atoms with Crippen LogP contribution in [0.25, 0.3) is 21.5 Å². The number of esters is 1. The molecule has 4 aromatic rings. The number of phenolic OH excluding ortho intramolecular Hbond substituents is 1. The molecule has 3 heterocycles. The zero-order valence-electron chi connectivity index (χ0n) is 15.3. The number of aromatic hydroxyl groups is 1. The second-order valence-corrected chi connectivity index (χ2v) is 7.78. The molecule has 0 amide bonds. The van der Waals surface area contributed by atoms with E-state index in [1.54, 1.807) is 12.1 Å².